The van der Waals surface area contributed by atoms with Crippen molar-refractivity contribution in [3.8, 4) is 11.5 Å². The first-order valence-electron chi connectivity index (χ1n) is 13.7. The van der Waals surface area contributed by atoms with E-state index < -0.39 is 18.3 Å². The fourth-order valence-corrected chi connectivity index (χ4v) is 5.11. The van der Waals surface area contributed by atoms with Gasteiger partial charge in [-0.3, -0.25) is 9.59 Å². The number of alkyl halides is 3. The van der Waals surface area contributed by atoms with Crippen LogP contribution in [0.15, 0.2) is 59.9 Å². The zero-order valence-corrected chi connectivity index (χ0v) is 24.2. The molecule has 2 atom stereocenters. The maximum absolute atomic E-state index is 13.3. The van der Waals surface area contributed by atoms with Gasteiger partial charge in [-0.15, -0.1) is 13.2 Å². The van der Waals surface area contributed by atoms with Crippen molar-refractivity contribution in [2.45, 2.75) is 31.9 Å². The van der Waals surface area contributed by atoms with Crippen LogP contribution < -0.4 is 25.4 Å². The number of benzene rings is 2. The lowest BCUT2D eigenvalue weighted by Crippen LogP contribution is -2.50. The van der Waals surface area contributed by atoms with Crippen LogP contribution in [0, 0.1) is 5.92 Å². The number of piperazine rings is 1. The van der Waals surface area contributed by atoms with E-state index in [0.717, 1.165) is 18.7 Å². The van der Waals surface area contributed by atoms with E-state index in [1.54, 1.807) is 24.1 Å². The number of nitrogens with one attached hydrogen (secondary N) is 3. The Balaban J connectivity index is 1.52. The Hall–Kier alpha value is -3.64. The summed E-state index contributed by atoms with van der Waals surface area (Å²) in [6.45, 7) is 2.65. The van der Waals surface area contributed by atoms with Gasteiger partial charge in [0.05, 0.1) is 12.1 Å². The molecule has 0 aromatic heterocycles. The number of halogens is 4. The molecule has 9 nitrogen and oxygen atoms in total. The molecule has 0 bridgehead atoms. The summed E-state index contributed by atoms with van der Waals surface area (Å²) in [6, 6.07) is 12.7. The number of hydrogen-bond acceptors (Lipinski definition) is 7. The van der Waals surface area contributed by atoms with Crippen LogP contribution in [0.25, 0.3) is 0 Å². The summed E-state index contributed by atoms with van der Waals surface area (Å²) in [6.07, 6.45) is -4.14. The predicted molar refractivity (Wildman–Crippen MR) is 152 cm³/mol. The molecule has 2 amide bonds. The summed E-state index contributed by atoms with van der Waals surface area (Å²) in [4.78, 5) is 29.9. The van der Waals surface area contributed by atoms with Gasteiger partial charge in [0.25, 0.3) is 5.91 Å². The predicted octanol–water partition coefficient (Wildman–Crippen LogP) is 3.51. The highest BCUT2D eigenvalue weighted by atomic mass is 35.5. The Bertz CT molecular complexity index is 1270. The zero-order chi connectivity index (χ0) is 30.3. The molecule has 1 saturated heterocycles. The van der Waals surface area contributed by atoms with Crippen LogP contribution in [0.5, 0.6) is 11.5 Å². The fourth-order valence-electron chi connectivity index (χ4n) is 4.98. The van der Waals surface area contributed by atoms with Crippen molar-refractivity contribution in [1.82, 2.24) is 25.8 Å². The van der Waals surface area contributed by atoms with Gasteiger partial charge in [0, 0.05) is 50.2 Å². The number of ether oxygens (including phenoxy) is 2. The lowest BCUT2D eigenvalue weighted by molar-refractivity contribution is -0.274. The topological polar surface area (TPSA) is 95.2 Å². The van der Waals surface area contributed by atoms with Gasteiger partial charge in [-0.2, -0.15) is 0 Å². The van der Waals surface area contributed by atoms with Crippen LogP contribution in [-0.4, -0.2) is 81.0 Å². The van der Waals surface area contributed by atoms with Crippen LogP contribution in [0.4, 0.5) is 13.2 Å². The highest BCUT2D eigenvalue weighted by Gasteiger charge is 2.33. The summed E-state index contributed by atoms with van der Waals surface area (Å²) < 4.78 is 48.7. The first-order valence-corrected chi connectivity index (χ1v) is 14.1. The summed E-state index contributed by atoms with van der Waals surface area (Å²) in [5.41, 5.74) is 1.40. The second-order valence-corrected chi connectivity index (χ2v) is 10.7. The fraction of sp³-hybridized carbons (Fsp3) is 0.448. The van der Waals surface area contributed by atoms with E-state index in [-0.39, 0.29) is 30.0 Å². The molecule has 0 radical (unpaired) electrons. The van der Waals surface area contributed by atoms with Crippen molar-refractivity contribution >= 4 is 23.4 Å². The molecular weight excluding hydrogens is 575 g/mol. The van der Waals surface area contributed by atoms with Gasteiger partial charge in [-0.25, -0.2) is 0 Å². The molecule has 4 rings (SSSR count). The molecule has 2 aromatic carbocycles. The number of amides is 2. The van der Waals surface area contributed by atoms with E-state index in [0.29, 0.717) is 48.8 Å². The number of hydrogen-bond donors (Lipinski definition) is 3. The average molecular weight is 610 g/mol. The van der Waals surface area contributed by atoms with Crippen LogP contribution >= 0.6 is 11.6 Å². The minimum absolute atomic E-state index is 0.122. The molecular formula is C29H35ClF3N5O4. The average Bonchev–Trinajstić information content (AvgIpc) is 3.11. The SMILES string of the molecule is CNC1=C(C(=O)NCC(=O)N2CCN(C)CC2)CCC(Cc2ccc(Cl)cc2)C(Oc2cccc(OC(F)(F)F)c2)N1. The van der Waals surface area contributed by atoms with E-state index in [4.69, 9.17) is 16.3 Å². The molecule has 2 aliphatic rings. The van der Waals surface area contributed by atoms with Crippen molar-refractivity contribution in [1.29, 1.82) is 0 Å². The minimum Gasteiger partial charge on any atom is -0.470 e. The van der Waals surface area contributed by atoms with Gasteiger partial charge in [0.2, 0.25) is 5.91 Å². The summed E-state index contributed by atoms with van der Waals surface area (Å²) in [5, 5.41) is 9.61. The lowest BCUT2D eigenvalue weighted by Gasteiger charge is -2.32. The monoisotopic (exact) mass is 609 g/mol. The van der Waals surface area contributed by atoms with Crippen LogP contribution in [0.1, 0.15) is 18.4 Å². The van der Waals surface area contributed by atoms with E-state index >= 15 is 0 Å². The molecule has 1 fully saturated rings. The van der Waals surface area contributed by atoms with Crippen molar-refractivity contribution < 1.29 is 32.2 Å². The Morgan fingerprint density at radius 3 is 2.43 bits per heavy atom. The number of likely N-dealkylation sites (N-methyl/N-ethyl adjacent to an activating group) is 1. The van der Waals surface area contributed by atoms with Crippen LogP contribution in [0.2, 0.25) is 5.02 Å². The van der Waals surface area contributed by atoms with Gasteiger partial charge in [0.15, 0.2) is 6.23 Å². The molecule has 3 N–H and O–H groups in total. The molecule has 2 heterocycles. The molecule has 0 saturated carbocycles. The van der Waals surface area contributed by atoms with E-state index in [1.807, 2.05) is 19.2 Å². The molecule has 42 heavy (non-hydrogen) atoms. The highest BCUT2D eigenvalue weighted by Crippen LogP contribution is 2.31. The number of carbonyl (C=O) groups excluding carboxylic acids is 2. The lowest BCUT2D eigenvalue weighted by atomic mass is 9.92. The van der Waals surface area contributed by atoms with Crippen molar-refractivity contribution in [2.24, 2.45) is 5.92 Å². The van der Waals surface area contributed by atoms with Gasteiger partial charge in [-0.05, 0) is 56.1 Å². The second-order valence-electron chi connectivity index (χ2n) is 10.3. The maximum atomic E-state index is 13.3. The molecule has 228 valence electrons. The third-order valence-electron chi connectivity index (χ3n) is 7.28. The minimum atomic E-state index is -4.84. The smallest absolute Gasteiger partial charge is 0.470 e. The standard InChI is InChI=1S/C29H35ClF3N5O4/c1-34-26-24(27(40)35-18-25(39)38-14-12-37(2)13-15-38)11-8-20(16-19-6-9-21(30)10-7-19)28(36-26)41-22-4-3-5-23(17-22)42-29(31,32)33/h3-7,9-10,17,20,28,34,36H,8,11-16,18H2,1-2H3,(H,35,40). The Morgan fingerprint density at radius 2 is 1.76 bits per heavy atom. The van der Waals surface area contributed by atoms with Gasteiger partial charge < -0.3 is 35.2 Å². The molecule has 2 aliphatic heterocycles. The first kappa shape index (κ1) is 31.3. The largest absolute Gasteiger partial charge is 0.573 e. The molecule has 0 aliphatic carbocycles. The third-order valence-corrected chi connectivity index (χ3v) is 7.53. The quantitative estimate of drug-likeness (QED) is 0.401. The summed E-state index contributed by atoms with van der Waals surface area (Å²) >= 11 is 6.06. The summed E-state index contributed by atoms with van der Waals surface area (Å²) in [5.74, 6) is -0.563. The molecule has 2 unspecified atom stereocenters. The maximum Gasteiger partial charge on any atom is 0.573 e. The first-order chi connectivity index (χ1) is 20.0. The number of rotatable bonds is 9. The van der Waals surface area contributed by atoms with Crippen LogP contribution in [-0.2, 0) is 16.0 Å². The molecule has 0 spiro atoms. The van der Waals surface area contributed by atoms with Gasteiger partial charge in [-0.1, -0.05) is 29.8 Å². The Labute approximate surface area is 248 Å². The normalized spacial score (nSPS) is 19.9. The van der Waals surface area contributed by atoms with E-state index in [2.05, 4.69) is 25.6 Å². The van der Waals surface area contributed by atoms with E-state index in [9.17, 15) is 22.8 Å². The number of carbonyl (C=O) groups is 2. The van der Waals surface area contributed by atoms with E-state index in [1.165, 1.54) is 24.3 Å². The summed E-state index contributed by atoms with van der Waals surface area (Å²) in [7, 11) is 3.65. The third kappa shape index (κ3) is 8.93. The Morgan fingerprint density at radius 1 is 1.07 bits per heavy atom. The van der Waals surface area contributed by atoms with Crippen molar-refractivity contribution in [3.05, 3.63) is 70.5 Å². The Kier molecular flexibility index (Phi) is 10.4. The highest BCUT2D eigenvalue weighted by molar-refractivity contribution is 6.30. The van der Waals surface area contributed by atoms with Crippen molar-refractivity contribution in [3.63, 3.8) is 0 Å². The van der Waals surface area contributed by atoms with Gasteiger partial charge in [0.1, 0.15) is 17.3 Å². The van der Waals surface area contributed by atoms with Crippen LogP contribution in [0.3, 0.4) is 0 Å². The molecule has 13 heteroatoms. The molecule has 2 aromatic rings. The second kappa shape index (κ2) is 14.0. The van der Waals surface area contributed by atoms with Gasteiger partial charge >= 0.3 is 6.36 Å². The zero-order valence-electron chi connectivity index (χ0n) is 23.5. The van der Waals surface area contributed by atoms with Crippen molar-refractivity contribution in [2.75, 3.05) is 46.8 Å². The number of nitrogens with zero attached hydrogens (tertiary/aromatic N) is 2.